The minimum absolute atomic E-state index is 0.0618. The van der Waals surface area contributed by atoms with Crippen molar-refractivity contribution >= 4 is 18.0 Å². The lowest BCUT2D eigenvalue weighted by Gasteiger charge is -2.03. The predicted molar refractivity (Wildman–Crippen MR) is 69.8 cm³/mol. The van der Waals surface area contributed by atoms with E-state index in [2.05, 4.69) is 0 Å². The quantitative estimate of drug-likeness (QED) is 0.365. The fourth-order valence-corrected chi connectivity index (χ4v) is 1.32. The molecule has 0 aliphatic carbocycles. The van der Waals surface area contributed by atoms with Crippen molar-refractivity contribution in [2.75, 3.05) is 20.3 Å². The first kappa shape index (κ1) is 15.4. The van der Waals surface area contributed by atoms with Crippen molar-refractivity contribution < 1.29 is 24.2 Å². The fourth-order valence-electron chi connectivity index (χ4n) is 1.32. The van der Waals surface area contributed by atoms with Crippen molar-refractivity contribution in [2.45, 2.75) is 0 Å². The van der Waals surface area contributed by atoms with Crippen molar-refractivity contribution in [3.05, 3.63) is 41.0 Å². The Hall–Kier alpha value is -2.65. The minimum Gasteiger partial charge on any atom is -0.478 e. The van der Waals surface area contributed by atoms with Gasteiger partial charge >= 0.3 is 11.9 Å². The third-order valence-electron chi connectivity index (χ3n) is 2.33. The van der Waals surface area contributed by atoms with E-state index in [1.54, 1.807) is 6.07 Å². The van der Waals surface area contributed by atoms with Gasteiger partial charge in [0.2, 0.25) is 0 Å². The molecule has 104 valence electrons. The lowest BCUT2D eigenvalue weighted by molar-refractivity contribution is -0.139. The van der Waals surface area contributed by atoms with E-state index < -0.39 is 11.9 Å². The van der Waals surface area contributed by atoms with Crippen LogP contribution < -0.4 is 0 Å². The summed E-state index contributed by atoms with van der Waals surface area (Å²) in [6, 6.07) is 7.53. The van der Waals surface area contributed by atoms with Crippen LogP contribution in [0.1, 0.15) is 15.9 Å². The molecule has 0 radical (unpaired) electrons. The summed E-state index contributed by atoms with van der Waals surface area (Å²) in [4.78, 5) is 22.3. The molecule has 1 rings (SSSR count). The van der Waals surface area contributed by atoms with Crippen LogP contribution in [0.25, 0.3) is 6.08 Å². The number of carbonyl (C=O) groups excluding carboxylic acids is 1. The number of carboxylic acids is 1. The Bertz CT molecular complexity index is 554. The van der Waals surface area contributed by atoms with Crippen LogP contribution in [0.3, 0.4) is 0 Å². The number of hydrogen-bond acceptors (Lipinski definition) is 5. The van der Waals surface area contributed by atoms with E-state index in [1.807, 2.05) is 0 Å². The summed E-state index contributed by atoms with van der Waals surface area (Å²) < 4.78 is 9.55. The normalized spacial score (nSPS) is 10.7. The first-order valence-electron chi connectivity index (χ1n) is 5.69. The molecule has 20 heavy (non-hydrogen) atoms. The monoisotopic (exact) mass is 275 g/mol. The molecule has 0 atom stereocenters. The molecule has 1 N–H and O–H groups in total. The van der Waals surface area contributed by atoms with E-state index in [4.69, 9.17) is 19.8 Å². The van der Waals surface area contributed by atoms with Crippen LogP contribution >= 0.6 is 0 Å². The van der Waals surface area contributed by atoms with Crippen LogP contribution in [0.4, 0.5) is 0 Å². The van der Waals surface area contributed by atoms with E-state index in [9.17, 15) is 9.59 Å². The maximum Gasteiger partial charge on any atom is 0.348 e. The summed E-state index contributed by atoms with van der Waals surface area (Å²) in [7, 11) is 1.47. The molecule has 0 aliphatic rings. The highest BCUT2D eigenvalue weighted by Crippen LogP contribution is 2.10. The Morgan fingerprint density at radius 2 is 1.95 bits per heavy atom. The molecule has 0 aromatic heterocycles. The summed E-state index contributed by atoms with van der Waals surface area (Å²) in [5.74, 6) is -1.79. The summed E-state index contributed by atoms with van der Waals surface area (Å²) in [5, 5.41) is 17.7. The number of esters is 1. The second kappa shape index (κ2) is 7.71. The third kappa shape index (κ3) is 4.55. The lowest BCUT2D eigenvalue weighted by Crippen LogP contribution is -2.11. The largest absolute Gasteiger partial charge is 0.478 e. The van der Waals surface area contributed by atoms with Gasteiger partial charge in [0.15, 0.2) is 0 Å². The molecular weight excluding hydrogens is 262 g/mol. The first-order valence-corrected chi connectivity index (χ1v) is 5.69. The molecule has 0 aliphatic heterocycles. The number of nitrogens with zero attached hydrogens (tertiary/aromatic N) is 1. The van der Waals surface area contributed by atoms with Crippen LogP contribution in [-0.2, 0) is 14.3 Å². The van der Waals surface area contributed by atoms with Gasteiger partial charge in [-0.2, -0.15) is 5.26 Å². The summed E-state index contributed by atoms with van der Waals surface area (Å²) >= 11 is 0. The Morgan fingerprint density at radius 1 is 1.30 bits per heavy atom. The van der Waals surface area contributed by atoms with Crippen molar-refractivity contribution in [1.29, 1.82) is 5.26 Å². The molecule has 1 aromatic rings. The van der Waals surface area contributed by atoms with E-state index >= 15 is 0 Å². The molecule has 0 fully saturated rings. The fraction of sp³-hybridized carbons (Fsp3) is 0.214. The number of nitriles is 1. The van der Waals surface area contributed by atoms with Gasteiger partial charge in [0, 0.05) is 7.11 Å². The predicted octanol–water partition coefficient (Wildman–Crippen LogP) is 1.48. The van der Waals surface area contributed by atoms with Gasteiger partial charge < -0.3 is 14.6 Å². The van der Waals surface area contributed by atoms with Crippen LogP contribution in [-0.4, -0.2) is 37.4 Å². The Kier molecular flexibility index (Phi) is 5.94. The summed E-state index contributed by atoms with van der Waals surface area (Å²) in [6.45, 7) is 0.310. The summed E-state index contributed by atoms with van der Waals surface area (Å²) in [5.41, 5.74) is 0.503. The number of benzene rings is 1. The van der Waals surface area contributed by atoms with E-state index in [-0.39, 0.29) is 24.4 Å². The Balaban J connectivity index is 2.81. The zero-order chi connectivity index (χ0) is 15.0. The number of carbonyl (C=O) groups is 2. The van der Waals surface area contributed by atoms with E-state index in [1.165, 1.54) is 37.5 Å². The SMILES string of the molecule is COCCOC(=O)C(C#N)=Cc1ccc(C(=O)O)cc1. The van der Waals surface area contributed by atoms with Crippen molar-refractivity contribution in [3.8, 4) is 6.07 Å². The molecule has 0 saturated heterocycles. The average molecular weight is 275 g/mol. The van der Waals surface area contributed by atoms with Gasteiger partial charge in [-0.1, -0.05) is 12.1 Å². The zero-order valence-corrected chi connectivity index (χ0v) is 10.8. The highest BCUT2D eigenvalue weighted by molar-refractivity contribution is 5.98. The zero-order valence-electron chi connectivity index (χ0n) is 10.8. The van der Waals surface area contributed by atoms with Gasteiger partial charge in [-0.3, -0.25) is 0 Å². The molecule has 6 heteroatoms. The highest BCUT2D eigenvalue weighted by Gasteiger charge is 2.10. The molecular formula is C14H13NO5. The standard InChI is InChI=1S/C14H13NO5/c1-19-6-7-20-14(18)12(9-15)8-10-2-4-11(5-3-10)13(16)17/h2-5,8H,6-7H2,1H3,(H,16,17). The number of aromatic carboxylic acids is 1. The number of rotatable bonds is 6. The molecule has 0 spiro atoms. The molecule has 1 aromatic carbocycles. The highest BCUT2D eigenvalue weighted by atomic mass is 16.6. The molecule has 0 amide bonds. The molecule has 0 bridgehead atoms. The summed E-state index contributed by atoms with van der Waals surface area (Å²) in [6.07, 6.45) is 1.33. The molecule has 0 unspecified atom stereocenters. The number of hydrogen-bond donors (Lipinski definition) is 1. The van der Waals surface area contributed by atoms with Gasteiger partial charge in [-0.05, 0) is 23.8 Å². The van der Waals surface area contributed by atoms with Crippen molar-refractivity contribution in [1.82, 2.24) is 0 Å². The maximum absolute atomic E-state index is 11.6. The second-order valence-electron chi connectivity index (χ2n) is 3.73. The van der Waals surface area contributed by atoms with Gasteiger partial charge in [0.25, 0.3) is 0 Å². The third-order valence-corrected chi connectivity index (χ3v) is 2.33. The molecule has 6 nitrogen and oxygen atoms in total. The van der Waals surface area contributed by atoms with Gasteiger partial charge in [0.05, 0.1) is 12.2 Å². The number of methoxy groups -OCH3 is 1. The number of ether oxygens (including phenoxy) is 2. The first-order chi connectivity index (χ1) is 9.58. The lowest BCUT2D eigenvalue weighted by atomic mass is 10.1. The van der Waals surface area contributed by atoms with Gasteiger partial charge in [-0.25, -0.2) is 9.59 Å². The van der Waals surface area contributed by atoms with Crippen LogP contribution in [0.2, 0.25) is 0 Å². The minimum atomic E-state index is -1.04. The van der Waals surface area contributed by atoms with Crippen LogP contribution in [0, 0.1) is 11.3 Å². The van der Waals surface area contributed by atoms with E-state index in [0.29, 0.717) is 5.56 Å². The second-order valence-corrected chi connectivity index (χ2v) is 3.73. The average Bonchev–Trinajstić information content (AvgIpc) is 2.45. The van der Waals surface area contributed by atoms with Crippen LogP contribution in [0.15, 0.2) is 29.8 Å². The van der Waals surface area contributed by atoms with Crippen molar-refractivity contribution in [2.24, 2.45) is 0 Å². The van der Waals surface area contributed by atoms with Crippen molar-refractivity contribution in [3.63, 3.8) is 0 Å². The molecule has 0 heterocycles. The van der Waals surface area contributed by atoms with E-state index in [0.717, 1.165) is 0 Å². The Morgan fingerprint density at radius 3 is 2.45 bits per heavy atom. The topological polar surface area (TPSA) is 96.6 Å². The maximum atomic E-state index is 11.6. The number of carboxylic acid groups (broad SMARTS) is 1. The van der Waals surface area contributed by atoms with Crippen LogP contribution in [0.5, 0.6) is 0 Å². The molecule has 0 saturated carbocycles. The Labute approximate surface area is 115 Å². The van der Waals surface area contributed by atoms with Gasteiger partial charge in [-0.15, -0.1) is 0 Å². The van der Waals surface area contributed by atoms with Gasteiger partial charge in [0.1, 0.15) is 18.2 Å². The smallest absolute Gasteiger partial charge is 0.348 e.